The van der Waals surface area contributed by atoms with E-state index in [0.29, 0.717) is 23.2 Å². The number of pyridine rings is 1. The van der Waals surface area contributed by atoms with Crippen LogP contribution in [0.4, 0.5) is 0 Å². The van der Waals surface area contributed by atoms with Gasteiger partial charge in [0.25, 0.3) is 0 Å². The lowest BCUT2D eigenvalue weighted by atomic mass is 9.93. The van der Waals surface area contributed by atoms with Gasteiger partial charge >= 0.3 is 0 Å². The number of furan rings is 2. The second-order valence-electron chi connectivity index (χ2n) is 13.0. The second kappa shape index (κ2) is 11.2. The van der Waals surface area contributed by atoms with Gasteiger partial charge < -0.3 is 8.83 Å². The van der Waals surface area contributed by atoms with Crippen LogP contribution in [0.1, 0.15) is 0 Å². The van der Waals surface area contributed by atoms with Gasteiger partial charge in [-0.15, -0.1) is 0 Å². The molecule has 0 saturated heterocycles. The first-order chi connectivity index (χ1) is 25.7. The molecule has 7 aromatic carbocycles. The van der Waals surface area contributed by atoms with Gasteiger partial charge in [-0.1, -0.05) is 109 Å². The first kappa shape index (κ1) is 28.6. The molecule has 0 aliphatic carbocycles. The molecule has 0 radical (unpaired) electrons. The van der Waals surface area contributed by atoms with E-state index < -0.39 is 0 Å². The van der Waals surface area contributed by atoms with Crippen LogP contribution in [0.25, 0.3) is 111 Å². The molecule has 6 heteroatoms. The summed E-state index contributed by atoms with van der Waals surface area (Å²) in [4.78, 5) is 20.1. The van der Waals surface area contributed by atoms with Gasteiger partial charge in [0.05, 0.1) is 5.39 Å². The molecule has 4 heterocycles. The number of aromatic nitrogens is 4. The SMILES string of the molecule is c1ccc(-c2nc(-c3cc(-c4ccnc5oc6cc7ccccc7cc6c45)c4ccccc4c3)nc(-c3cccc4oc5ccccc5c34)n2)cc1. The summed E-state index contributed by atoms with van der Waals surface area (Å²) in [5.74, 6) is 1.75. The Bertz CT molecular complexity index is 3200. The normalized spacial score (nSPS) is 11.8. The van der Waals surface area contributed by atoms with Crippen LogP contribution in [0, 0.1) is 0 Å². The molecule has 0 atom stereocenters. The van der Waals surface area contributed by atoms with Crippen molar-refractivity contribution in [1.29, 1.82) is 0 Å². The van der Waals surface area contributed by atoms with E-state index in [4.69, 9.17) is 23.8 Å². The fourth-order valence-electron chi connectivity index (χ4n) is 7.57. The van der Waals surface area contributed by atoms with E-state index in [2.05, 4.69) is 89.9 Å². The summed E-state index contributed by atoms with van der Waals surface area (Å²) in [6.07, 6.45) is 1.83. The van der Waals surface area contributed by atoms with Gasteiger partial charge in [-0.3, -0.25) is 0 Å². The van der Waals surface area contributed by atoms with Gasteiger partial charge in [0.1, 0.15) is 16.7 Å². The Morgan fingerprint density at radius 1 is 0.365 bits per heavy atom. The van der Waals surface area contributed by atoms with Gasteiger partial charge in [0.15, 0.2) is 17.5 Å². The van der Waals surface area contributed by atoms with Crippen molar-refractivity contribution in [2.45, 2.75) is 0 Å². The Hall–Kier alpha value is -7.18. The van der Waals surface area contributed by atoms with Crippen LogP contribution in [-0.2, 0) is 0 Å². The summed E-state index contributed by atoms with van der Waals surface area (Å²) in [7, 11) is 0. The quantitative estimate of drug-likeness (QED) is 0.186. The first-order valence-electron chi connectivity index (χ1n) is 17.2. The minimum atomic E-state index is 0.578. The zero-order valence-corrected chi connectivity index (χ0v) is 27.6. The highest BCUT2D eigenvalue weighted by atomic mass is 16.3. The Morgan fingerprint density at radius 3 is 1.92 bits per heavy atom. The van der Waals surface area contributed by atoms with Crippen molar-refractivity contribution in [2.75, 3.05) is 0 Å². The van der Waals surface area contributed by atoms with Crippen molar-refractivity contribution in [3.8, 4) is 45.3 Å². The highest BCUT2D eigenvalue weighted by Gasteiger charge is 2.21. The topological polar surface area (TPSA) is 77.8 Å². The summed E-state index contributed by atoms with van der Waals surface area (Å²) in [5.41, 5.74) is 7.77. The van der Waals surface area contributed by atoms with Crippen molar-refractivity contribution in [3.05, 3.63) is 158 Å². The van der Waals surface area contributed by atoms with Crippen LogP contribution in [0.5, 0.6) is 0 Å². The predicted octanol–water partition coefficient (Wildman–Crippen LogP) is 12.0. The molecular formula is C46H26N4O2. The third kappa shape index (κ3) is 4.44. The number of hydrogen-bond acceptors (Lipinski definition) is 6. The molecule has 11 rings (SSSR count). The molecule has 0 N–H and O–H groups in total. The van der Waals surface area contributed by atoms with Gasteiger partial charge in [-0.05, 0) is 75.1 Å². The maximum absolute atomic E-state index is 6.39. The molecule has 11 aromatic rings. The zero-order chi connectivity index (χ0) is 34.2. The molecule has 4 aromatic heterocycles. The van der Waals surface area contributed by atoms with Crippen LogP contribution >= 0.6 is 0 Å². The minimum Gasteiger partial charge on any atom is -0.456 e. The molecule has 0 amide bonds. The van der Waals surface area contributed by atoms with Crippen LogP contribution in [0.15, 0.2) is 167 Å². The standard InChI is InChI=1S/C46H26N4O2/c1-2-11-27(12-3-1)43-48-44(50-45(49-43)35-18-10-20-39-41(35)34-17-8-9-19-38(34)51-39)31-23-30-15-6-7-16-32(30)36(25-31)33-21-22-47-46-42(33)37-24-28-13-4-5-14-29(28)26-40(37)52-46/h1-26H. The summed E-state index contributed by atoms with van der Waals surface area (Å²) >= 11 is 0. The average molecular weight is 667 g/mol. The van der Waals surface area contributed by atoms with E-state index in [0.717, 1.165) is 87.7 Å². The Kier molecular flexibility index (Phi) is 6.15. The number of benzene rings is 7. The van der Waals surface area contributed by atoms with Crippen molar-refractivity contribution in [1.82, 2.24) is 19.9 Å². The minimum absolute atomic E-state index is 0.578. The second-order valence-corrected chi connectivity index (χ2v) is 13.0. The molecule has 0 aliphatic heterocycles. The fourth-order valence-corrected chi connectivity index (χ4v) is 7.57. The highest BCUT2D eigenvalue weighted by Crippen LogP contribution is 2.42. The van der Waals surface area contributed by atoms with Crippen molar-refractivity contribution in [3.63, 3.8) is 0 Å². The molecule has 0 aliphatic rings. The van der Waals surface area contributed by atoms with Crippen molar-refractivity contribution < 1.29 is 8.83 Å². The molecule has 0 spiro atoms. The maximum Gasteiger partial charge on any atom is 0.227 e. The first-order valence-corrected chi connectivity index (χ1v) is 17.2. The Balaban J connectivity index is 1.19. The van der Waals surface area contributed by atoms with E-state index in [1.165, 1.54) is 0 Å². The Labute approximate surface area is 296 Å². The predicted molar refractivity (Wildman–Crippen MR) is 209 cm³/mol. The van der Waals surface area contributed by atoms with Gasteiger partial charge in [0, 0.05) is 39.0 Å². The van der Waals surface area contributed by atoms with E-state index in [1.807, 2.05) is 72.9 Å². The fraction of sp³-hybridized carbons (Fsp3) is 0. The molecule has 0 unspecified atom stereocenters. The van der Waals surface area contributed by atoms with Gasteiger partial charge in [-0.25, -0.2) is 19.9 Å². The number of rotatable bonds is 4. The largest absolute Gasteiger partial charge is 0.456 e. The van der Waals surface area contributed by atoms with Crippen LogP contribution < -0.4 is 0 Å². The monoisotopic (exact) mass is 666 g/mol. The van der Waals surface area contributed by atoms with E-state index in [9.17, 15) is 0 Å². The van der Waals surface area contributed by atoms with Crippen LogP contribution in [-0.4, -0.2) is 19.9 Å². The lowest BCUT2D eigenvalue weighted by Gasteiger charge is -2.13. The van der Waals surface area contributed by atoms with E-state index >= 15 is 0 Å². The summed E-state index contributed by atoms with van der Waals surface area (Å²) in [5, 5.41) is 8.47. The zero-order valence-electron chi connectivity index (χ0n) is 27.6. The van der Waals surface area contributed by atoms with Crippen molar-refractivity contribution in [2.24, 2.45) is 0 Å². The summed E-state index contributed by atoms with van der Waals surface area (Å²) in [6.45, 7) is 0. The van der Waals surface area contributed by atoms with Gasteiger partial charge in [-0.2, -0.15) is 0 Å². The third-order valence-electron chi connectivity index (χ3n) is 9.96. The third-order valence-corrected chi connectivity index (χ3v) is 9.96. The molecule has 0 saturated carbocycles. The molecule has 52 heavy (non-hydrogen) atoms. The van der Waals surface area contributed by atoms with Crippen LogP contribution in [0.2, 0.25) is 0 Å². The number of nitrogens with zero attached hydrogens (tertiary/aromatic N) is 4. The number of fused-ring (bicyclic) bond motifs is 8. The molecule has 0 fully saturated rings. The number of para-hydroxylation sites is 1. The molecular weight excluding hydrogens is 641 g/mol. The average Bonchev–Trinajstić information content (AvgIpc) is 3.78. The van der Waals surface area contributed by atoms with E-state index in [1.54, 1.807) is 0 Å². The lowest BCUT2D eigenvalue weighted by molar-refractivity contribution is 0.654. The van der Waals surface area contributed by atoms with Crippen molar-refractivity contribution >= 4 is 65.6 Å². The highest BCUT2D eigenvalue weighted by molar-refractivity contribution is 6.17. The summed E-state index contributed by atoms with van der Waals surface area (Å²) in [6, 6.07) is 51.8. The molecule has 6 nitrogen and oxygen atoms in total. The van der Waals surface area contributed by atoms with Gasteiger partial charge in [0.2, 0.25) is 5.71 Å². The van der Waals surface area contributed by atoms with E-state index in [-0.39, 0.29) is 0 Å². The van der Waals surface area contributed by atoms with Crippen LogP contribution in [0.3, 0.4) is 0 Å². The maximum atomic E-state index is 6.39. The number of hydrogen-bond donors (Lipinski definition) is 0. The smallest absolute Gasteiger partial charge is 0.227 e. The molecule has 0 bridgehead atoms. The lowest BCUT2D eigenvalue weighted by Crippen LogP contribution is -2.01. The molecule has 242 valence electrons. The Morgan fingerprint density at radius 2 is 1.06 bits per heavy atom. The summed E-state index contributed by atoms with van der Waals surface area (Å²) < 4.78 is 12.6.